The van der Waals surface area contributed by atoms with Crippen molar-refractivity contribution in [3.8, 4) is 11.5 Å². The average molecular weight is 306 g/mol. The first-order chi connectivity index (χ1) is 10.5. The maximum absolute atomic E-state index is 11.5. The summed E-state index contributed by atoms with van der Waals surface area (Å²) in [5.74, 6) is -0.286. The van der Waals surface area contributed by atoms with Crippen molar-refractivity contribution < 1.29 is 28.6 Å². The summed E-state index contributed by atoms with van der Waals surface area (Å²) < 4.78 is 14.9. The number of urea groups is 1. The Kier molecular flexibility index (Phi) is 4.62. The maximum Gasteiger partial charge on any atom is 0.343 e. The Labute approximate surface area is 126 Å². The lowest BCUT2D eigenvalue weighted by Crippen LogP contribution is -2.22. The minimum atomic E-state index is -0.568. The van der Waals surface area contributed by atoms with E-state index in [9.17, 15) is 14.4 Å². The smallest absolute Gasteiger partial charge is 0.343 e. The number of rotatable bonds is 5. The second kappa shape index (κ2) is 6.61. The molecule has 116 valence electrons. The minimum absolute atomic E-state index is 0.135. The van der Waals surface area contributed by atoms with Gasteiger partial charge in [0.05, 0.1) is 14.2 Å². The number of ether oxygens (including phenoxy) is 3. The van der Waals surface area contributed by atoms with Crippen molar-refractivity contribution in [1.29, 1.82) is 0 Å². The van der Waals surface area contributed by atoms with Crippen molar-refractivity contribution >= 4 is 24.0 Å². The van der Waals surface area contributed by atoms with Crippen LogP contribution in [0, 0.1) is 0 Å². The monoisotopic (exact) mass is 306 g/mol. The summed E-state index contributed by atoms with van der Waals surface area (Å²) in [6, 6.07) is 4.28. The van der Waals surface area contributed by atoms with Crippen LogP contribution in [0.1, 0.15) is 5.56 Å². The Balaban J connectivity index is 2.18. The molecule has 22 heavy (non-hydrogen) atoms. The van der Waals surface area contributed by atoms with Crippen LogP contribution in [0.4, 0.5) is 4.79 Å². The number of esters is 1. The van der Waals surface area contributed by atoms with Crippen LogP contribution in [-0.2, 0) is 14.3 Å². The van der Waals surface area contributed by atoms with E-state index in [1.165, 1.54) is 20.3 Å². The summed E-state index contributed by atoms with van der Waals surface area (Å²) in [6.45, 7) is -0.244. The maximum atomic E-state index is 11.5. The molecule has 0 atom stereocenters. The molecule has 2 rings (SSSR count). The van der Waals surface area contributed by atoms with Gasteiger partial charge in [0.1, 0.15) is 5.70 Å². The first-order valence-corrected chi connectivity index (χ1v) is 6.25. The molecule has 1 aromatic carbocycles. The first kappa shape index (κ1) is 15.4. The van der Waals surface area contributed by atoms with Crippen LogP contribution < -0.4 is 20.1 Å². The van der Waals surface area contributed by atoms with Crippen LogP contribution >= 0.6 is 0 Å². The third-order valence-electron chi connectivity index (χ3n) is 2.79. The van der Waals surface area contributed by atoms with Gasteiger partial charge in [0.25, 0.3) is 5.91 Å². The minimum Gasteiger partial charge on any atom is -0.493 e. The zero-order valence-electron chi connectivity index (χ0n) is 12.0. The molecular weight excluding hydrogens is 292 g/mol. The fraction of sp³-hybridized carbons (Fsp3) is 0.214. The lowest BCUT2D eigenvalue weighted by atomic mass is 10.1. The largest absolute Gasteiger partial charge is 0.493 e. The van der Waals surface area contributed by atoms with Crippen LogP contribution in [0.15, 0.2) is 23.9 Å². The molecule has 0 aromatic heterocycles. The number of carbonyl (C=O) groups excluding carboxylic acids is 3. The molecule has 0 aliphatic carbocycles. The van der Waals surface area contributed by atoms with E-state index >= 15 is 0 Å². The number of hydrogen-bond acceptors (Lipinski definition) is 6. The number of methoxy groups -OCH3 is 2. The van der Waals surface area contributed by atoms with Gasteiger partial charge in [-0.25, -0.2) is 9.59 Å². The highest BCUT2D eigenvalue weighted by Crippen LogP contribution is 2.29. The number of benzene rings is 1. The van der Waals surface area contributed by atoms with E-state index in [1.54, 1.807) is 18.2 Å². The van der Waals surface area contributed by atoms with Crippen LogP contribution in [0.2, 0.25) is 0 Å². The lowest BCUT2D eigenvalue weighted by Gasteiger charge is -2.10. The normalized spacial score (nSPS) is 15.3. The van der Waals surface area contributed by atoms with E-state index in [0.29, 0.717) is 17.1 Å². The number of imide groups is 1. The van der Waals surface area contributed by atoms with Crippen molar-refractivity contribution in [3.05, 3.63) is 29.5 Å². The van der Waals surface area contributed by atoms with Gasteiger partial charge in [-0.1, -0.05) is 6.07 Å². The van der Waals surface area contributed by atoms with Gasteiger partial charge in [-0.05, 0) is 23.8 Å². The molecule has 2 N–H and O–H groups in total. The second-order valence-corrected chi connectivity index (χ2v) is 4.24. The van der Waals surface area contributed by atoms with Gasteiger partial charge < -0.3 is 19.5 Å². The second-order valence-electron chi connectivity index (χ2n) is 4.24. The summed E-state index contributed by atoms with van der Waals surface area (Å²) in [5.41, 5.74) is 0.755. The van der Waals surface area contributed by atoms with Crippen molar-refractivity contribution in [1.82, 2.24) is 10.6 Å². The topological polar surface area (TPSA) is 103 Å². The third kappa shape index (κ3) is 3.54. The highest BCUT2D eigenvalue weighted by atomic mass is 16.6. The number of hydrogen-bond donors (Lipinski definition) is 2. The average Bonchev–Trinajstić information content (AvgIpc) is 2.83. The Morgan fingerprint density at radius 1 is 1.18 bits per heavy atom. The van der Waals surface area contributed by atoms with Crippen LogP contribution in [0.25, 0.3) is 6.08 Å². The molecule has 0 spiro atoms. The quantitative estimate of drug-likeness (QED) is 0.464. The predicted octanol–water partition coefficient (Wildman–Crippen LogP) is 0.427. The summed E-state index contributed by atoms with van der Waals surface area (Å²) in [4.78, 5) is 33.6. The van der Waals surface area contributed by atoms with Gasteiger partial charge >= 0.3 is 12.0 Å². The van der Waals surface area contributed by atoms with E-state index in [2.05, 4.69) is 15.4 Å². The van der Waals surface area contributed by atoms with E-state index in [1.807, 2.05) is 0 Å². The zero-order chi connectivity index (χ0) is 16.1. The zero-order valence-corrected chi connectivity index (χ0v) is 12.0. The first-order valence-electron chi connectivity index (χ1n) is 6.25. The molecule has 8 heteroatoms. The molecule has 1 aliphatic rings. The molecule has 1 fully saturated rings. The van der Waals surface area contributed by atoms with E-state index in [4.69, 9.17) is 9.47 Å². The summed E-state index contributed by atoms with van der Waals surface area (Å²) >= 11 is 0. The van der Waals surface area contributed by atoms with Gasteiger partial charge in [0, 0.05) is 0 Å². The van der Waals surface area contributed by atoms with E-state index < -0.39 is 17.9 Å². The molecule has 8 nitrogen and oxygen atoms in total. The van der Waals surface area contributed by atoms with Gasteiger partial charge in [-0.3, -0.25) is 10.1 Å². The van der Waals surface area contributed by atoms with Crippen molar-refractivity contribution in [2.75, 3.05) is 20.8 Å². The molecule has 3 amide bonds. The molecule has 0 unspecified atom stereocenters. The Hall–Kier alpha value is -3.03. The highest BCUT2D eigenvalue weighted by molar-refractivity contribution is 6.14. The Bertz CT molecular complexity index is 653. The third-order valence-corrected chi connectivity index (χ3v) is 2.79. The highest BCUT2D eigenvalue weighted by Gasteiger charge is 2.22. The standard InChI is InChI=1S/C14H14N2O6/c1-20-11-6-8(5-9-13(18)16-14(19)15-9)3-4-10(11)22-7-12(17)21-2/h3-6H,7H2,1-2H3,(H2,15,16,18,19). The summed E-state index contributed by atoms with van der Waals surface area (Å²) in [5, 5.41) is 4.48. The predicted molar refractivity (Wildman–Crippen MR) is 75.2 cm³/mol. The van der Waals surface area contributed by atoms with Crippen molar-refractivity contribution in [3.63, 3.8) is 0 Å². The molecule has 1 heterocycles. The van der Waals surface area contributed by atoms with Crippen LogP contribution in [-0.4, -0.2) is 38.7 Å². The van der Waals surface area contributed by atoms with Crippen LogP contribution in [0.5, 0.6) is 11.5 Å². The van der Waals surface area contributed by atoms with E-state index in [0.717, 1.165) is 0 Å². The molecule has 1 saturated heterocycles. The van der Waals surface area contributed by atoms with Crippen molar-refractivity contribution in [2.24, 2.45) is 0 Å². The molecule has 0 saturated carbocycles. The Morgan fingerprint density at radius 3 is 2.55 bits per heavy atom. The number of amides is 3. The molecule has 1 aromatic rings. The lowest BCUT2D eigenvalue weighted by molar-refractivity contribution is -0.142. The van der Waals surface area contributed by atoms with Gasteiger partial charge in [-0.2, -0.15) is 0 Å². The fourth-order valence-electron chi connectivity index (χ4n) is 1.74. The molecule has 1 aliphatic heterocycles. The van der Waals surface area contributed by atoms with Crippen LogP contribution in [0.3, 0.4) is 0 Å². The summed E-state index contributed by atoms with van der Waals surface area (Å²) in [6.07, 6.45) is 1.49. The van der Waals surface area contributed by atoms with Gasteiger partial charge in [0.2, 0.25) is 0 Å². The summed E-state index contributed by atoms with van der Waals surface area (Å²) in [7, 11) is 2.71. The molecule has 0 radical (unpaired) electrons. The van der Waals surface area contributed by atoms with E-state index in [-0.39, 0.29) is 12.3 Å². The van der Waals surface area contributed by atoms with Crippen molar-refractivity contribution in [2.45, 2.75) is 0 Å². The number of carbonyl (C=O) groups is 3. The van der Waals surface area contributed by atoms with Gasteiger partial charge in [-0.15, -0.1) is 0 Å². The molecule has 0 bridgehead atoms. The Morgan fingerprint density at radius 2 is 1.95 bits per heavy atom. The fourth-order valence-corrected chi connectivity index (χ4v) is 1.74. The van der Waals surface area contributed by atoms with Gasteiger partial charge in [0.15, 0.2) is 18.1 Å². The number of nitrogens with one attached hydrogen (secondary N) is 2. The molecular formula is C14H14N2O6. The SMILES string of the molecule is COC(=O)COc1ccc(C=C2NC(=O)NC2=O)cc1OC.